The number of rotatable bonds is 2. The van der Waals surface area contributed by atoms with Crippen molar-refractivity contribution < 1.29 is 10.0 Å². The Morgan fingerprint density at radius 3 is 2.12 bits per heavy atom. The molecule has 0 amide bonds. The van der Waals surface area contributed by atoms with Crippen LogP contribution in [0.1, 0.15) is 41.5 Å². The van der Waals surface area contributed by atoms with Gasteiger partial charge in [-0.05, 0) is 27.7 Å². The molecule has 1 N–H and O–H groups in total. The van der Waals surface area contributed by atoms with E-state index in [0.29, 0.717) is 5.70 Å². The Hall–Kier alpha value is -0.870. The number of ketones is 1. The van der Waals surface area contributed by atoms with Gasteiger partial charge in [0.1, 0.15) is 5.66 Å². The van der Waals surface area contributed by atoms with Gasteiger partial charge < -0.3 is 5.32 Å². The number of hydrogen-bond acceptors (Lipinski definition) is 3. The zero-order valence-corrected chi connectivity index (χ0v) is 10.9. The lowest BCUT2D eigenvalue weighted by Crippen LogP contribution is -2.47. The molecule has 0 aliphatic carbocycles. The van der Waals surface area contributed by atoms with E-state index in [0.717, 1.165) is 5.06 Å². The van der Waals surface area contributed by atoms with Gasteiger partial charge in [-0.1, -0.05) is 13.8 Å². The molecule has 4 nitrogen and oxygen atoms in total. The zero-order chi connectivity index (χ0) is 12.7. The van der Waals surface area contributed by atoms with Crippen molar-refractivity contribution in [1.29, 1.82) is 0 Å². The third-order valence-corrected chi connectivity index (χ3v) is 2.97. The maximum absolute atomic E-state index is 12.0. The fraction of sp³-hybridized carbons (Fsp3) is 0.750. The van der Waals surface area contributed by atoms with Crippen molar-refractivity contribution in [3.05, 3.63) is 11.8 Å². The van der Waals surface area contributed by atoms with Crippen LogP contribution in [0.3, 0.4) is 0 Å². The third kappa shape index (κ3) is 2.13. The minimum Gasteiger partial charge on any atom is -0.367 e. The van der Waals surface area contributed by atoms with E-state index < -0.39 is 11.2 Å². The summed E-state index contributed by atoms with van der Waals surface area (Å²) in [5.41, 5.74) is -0.633. The van der Waals surface area contributed by atoms with Crippen molar-refractivity contribution in [2.45, 2.75) is 52.7 Å². The van der Waals surface area contributed by atoms with E-state index in [1.807, 2.05) is 41.5 Å². The van der Waals surface area contributed by atoms with Crippen LogP contribution in [-0.4, -0.2) is 22.0 Å². The molecule has 0 aromatic rings. The standard InChI is InChI=1S/C12H21N2O2/c1-8(2)9(15)7-10-11(3,4)14(16)12(5,6)13-10/h7-8,13H,1-6H3/b10-7-. The van der Waals surface area contributed by atoms with Gasteiger partial charge in [-0.15, -0.1) is 10.3 Å². The Labute approximate surface area is 97.3 Å². The van der Waals surface area contributed by atoms with Gasteiger partial charge in [-0.25, -0.2) is 0 Å². The number of nitrogens with zero attached hydrogens (tertiary/aromatic N) is 1. The van der Waals surface area contributed by atoms with Crippen molar-refractivity contribution in [3.8, 4) is 0 Å². The zero-order valence-electron chi connectivity index (χ0n) is 10.9. The lowest BCUT2D eigenvalue weighted by atomic mass is 9.98. The van der Waals surface area contributed by atoms with Gasteiger partial charge in [0.15, 0.2) is 5.78 Å². The predicted octanol–water partition coefficient (Wildman–Crippen LogP) is 1.86. The molecule has 1 saturated heterocycles. The summed E-state index contributed by atoms with van der Waals surface area (Å²) in [6.45, 7) is 11.0. The average molecular weight is 225 g/mol. The van der Waals surface area contributed by atoms with E-state index in [2.05, 4.69) is 5.32 Å². The molecular formula is C12H21N2O2. The molecule has 0 unspecified atom stereocenters. The SMILES string of the molecule is CC(C)C(=O)/C=C1\NC(C)(C)N([O])C1(C)C. The van der Waals surface area contributed by atoms with Crippen LogP contribution in [0.5, 0.6) is 0 Å². The monoisotopic (exact) mass is 225 g/mol. The van der Waals surface area contributed by atoms with Crippen LogP contribution in [-0.2, 0) is 10.0 Å². The highest BCUT2D eigenvalue weighted by Gasteiger charge is 2.49. The third-order valence-electron chi connectivity index (χ3n) is 2.97. The van der Waals surface area contributed by atoms with E-state index in [-0.39, 0.29) is 11.7 Å². The van der Waals surface area contributed by atoms with Crippen LogP contribution in [0.15, 0.2) is 11.8 Å². The molecule has 0 aromatic carbocycles. The van der Waals surface area contributed by atoms with Crippen LogP contribution in [0, 0.1) is 5.92 Å². The normalized spacial score (nSPS) is 26.1. The smallest absolute Gasteiger partial charge is 0.159 e. The van der Waals surface area contributed by atoms with Crippen LogP contribution >= 0.6 is 0 Å². The Bertz CT molecular complexity index is 330. The molecule has 0 bridgehead atoms. The lowest BCUT2D eigenvalue weighted by Gasteiger charge is -2.29. The second-order valence-electron chi connectivity index (χ2n) is 5.65. The highest BCUT2D eigenvalue weighted by molar-refractivity contribution is 5.92. The molecular weight excluding hydrogens is 204 g/mol. The van der Waals surface area contributed by atoms with Gasteiger partial charge in [-0.2, -0.15) is 0 Å². The Morgan fingerprint density at radius 2 is 1.81 bits per heavy atom. The Kier molecular flexibility index (Phi) is 3.18. The highest BCUT2D eigenvalue weighted by Crippen LogP contribution is 2.35. The molecule has 1 aliphatic rings. The first kappa shape index (κ1) is 13.2. The van der Waals surface area contributed by atoms with Gasteiger partial charge in [0, 0.05) is 17.7 Å². The molecule has 91 valence electrons. The maximum atomic E-state index is 12.0. The molecule has 0 atom stereocenters. The number of hydrogen-bond donors (Lipinski definition) is 1. The fourth-order valence-electron chi connectivity index (χ4n) is 1.86. The van der Waals surface area contributed by atoms with E-state index in [1.54, 1.807) is 6.08 Å². The summed E-state index contributed by atoms with van der Waals surface area (Å²) in [6, 6.07) is 0. The van der Waals surface area contributed by atoms with Crippen molar-refractivity contribution in [1.82, 2.24) is 10.4 Å². The van der Waals surface area contributed by atoms with Crippen LogP contribution in [0.25, 0.3) is 0 Å². The van der Waals surface area contributed by atoms with E-state index in [4.69, 9.17) is 0 Å². The quantitative estimate of drug-likeness (QED) is 0.730. The predicted molar refractivity (Wildman–Crippen MR) is 61.7 cm³/mol. The summed E-state index contributed by atoms with van der Waals surface area (Å²) in [4.78, 5) is 11.7. The van der Waals surface area contributed by atoms with E-state index in [9.17, 15) is 10.0 Å². The minimum atomic E-state index is -0.673. The van der Waals surface area contributed by atoms with Gasteiger partial charge >= 0.3 is 0 Å². The fourth-order valence-corrected chi connectivity index (χ4v) is 1.86. The number of nitrogens with one attached hydrogen (secondary N) is 1. The Balaban J connectivity index is 3.05. The maximum Gasteiger partial charge on any atom is 0.159 e. The molecule has 16 heavy (non-hydrogen) atoms. The largest absolute Gasteiger partial charge is 0.367 e. The van der Waals surface area contributed by atoms with Gasteiger partial charge in [0.05, 0.1) is 5.54 Å². The minimum absolute atomic E-state index is 0.0432. The summed E-state index contributed by atoms with van der Waals surface area (Å²) < 4.78 is 0. The number of carbonyl (C=O) groups excluding carboxylic acids is 1. The molecule has 1 radical (unpaired) electrons. The summed E-state index contributed by atoms with van der Waals surface area (Å²) >= 11 is 0. The molecule has 0 saturated carbocycles. The van der Waals surface area contributed by atoms with Crippen molar-refractivity contribution >= 4 is 5.78 Å². The van der Waals surface area contributed by atoms with Gasteiger partial charge in [0.2, 0.25) is 0 Å². The topological polar surface area (TPSA) is 52.2 Å². The molecule has 1 heterocycles. The first-order valence-corrected chi connectivity index (χ1v) is 5.60. The second kappa shape index (κ2) is 3.86. The number of allylic oxidation sites excluding steroid dienone is 1. The lowest BCUT2D eigenvalue weighted by molar-refractivity contribution is -0.243. The van der Waals surface area contributed by atoms with Crippen molar-refractivity contribution in [2.24, 2.45) is 5.92 Å². The van der Waals surface area contributed by atoms with Gasteiger partial charge in [0.25, 0.3) is 0 Å². The highest BCUT2D eigenvalue weighted by atomic mass is 16.5. The molecule has 1 aliphatic heterocycles. The van der Waals surface area contributed by atoms with Crippen molar-refractivity contribution in [2.75, 3.05) is 0 Å². The first-order chi connectivity index (χ1) is 7.09. The van der Waals surface area contributed by atoms with Crippen LogP contribution in [0.4, 0.5) is 0 Å². The number of hydroxylamine groups is 2. The molecule has 1 fully saturated rings. The summed E-state index contributed by atoms with van der Waals surface area (Å²) in [6.07, 6.45) is 1.56. The molecule has 1 rings (SSSR count). The van der Waals surface area contributed by atoms with Crippen LogP contribution < -0.4 is 5.32 Å². The van der Waals surface area contributed by atoms with Gasteiger partial charge in [-0.3, -0.25) is 4.79 Å². The Morgan fingerprint density at radius 1 is 1.31 bits per heavy atom. The number of carbonyl (C=O) groups is 1. The van der Waals surface area contributed by atoms with E-state index in [1.165, 1.54) is 0 Å². The summed E-state index contributed by atoms with van der Waals surface area (Å²) in [7, 11) is 0. The molecule has 4 heteroatoms. The molecule has 0 aromatic heterocycles. The first-order valence-electron chi connectivity index (χ1n) is 5.60. The summed E-state index contributed by atoms with van der Waals surface area (Å²) in [5, 5.41) is 16.1. The van der Waals surface area contributed by atoms with Crippen LogP contribution in [0.2, 0.25) is 0 Å². The second-order valence-corrected chi connectivity index (χ2v) is 5.65. The van der Waals surface area contributed by atoms with E-state index >= 15 is 0 Å². The molecule has 0 spiro atoms. The van der Waals surface area contributed by atoms with Crippen molar-refractivity contribution in [3.63, 3.8) is 0 Å². The summed E-state index contributed by atoms with van der Waals surface area (Å²) in [5.74, 6) is -0.00408. The average Bonchev–Trinajstić information content (AvgIpc) is 2.27.